The number of carbonyl (C=O) groups excluding carboxylic acids is 2. The van der Waals surface area contributed by atoms with Gasteiger partial charge >= 0.3 is 0 Å². The van der Waals surface area contributed by atoms with Crippen LogP contribution < -0.4 is 5.32 Å². The number of aliphatic hydroxyl groups is 1. The monoisotopic (exact) mass is 339 g/mol. The Bertz CT molecular complexity index is 447. The van der Waals surface area contributed by atoms with E-state index in [1.807, 2.05) is 4.90 Å². The fraction of sp³-hybridized carbons (Fsp3) is 0.889. The number of rotatable bonds is 5. The highest BCUT2D eigenvalue weighted by atomic mass is 16.3. The number of nitrogens with zero attached hydrogens (tertiary/aromatic N) is 2. The lowest BCUT2D eigenvalue weighted by molar-refractivity contribution is -0.145. The first-order valence-corrected chi connectivity index (χ1v) is 9.30. The van der Waals surface area contributed by atoms with Gasteiger partial charge in [0.1, 0.15) is 0 Å². The number of carbonyl (C=O) groups is 2. The van der Waals surface area contributed by atoms with E-state index in [1.165, 1.54) is 0 Å². The van der Waals surface area contributed by atoms with E-state index in [9.17, 15) is 14.7 Å². The Labute approximate surface area is 145 Å². The number of nitrogens with one attached hydrogen (secondary N) is 1. The van der Waals surface area contributed by atoms with Crippen molar-refractivity contribution in [2.24, 2.45) is 5.92 Å². The van der Waals surface area contributed by atoms with Crippen molar-refractivity contribution in [2.75, 3.05) is 33.2 Å². The molecule has 6 heteroatoms. The summed E-state index contributed by atoms with van der Waals surface area (Å²) < 4.78 is 0. The number of amides is 2. The van der Waals surface area contributed by atoms with E-state index in [-0.39, 0.29) is 17.7 Å². The standard InChI is InChI=1S/C18H33N3O3/c1-14(2)20-11-6-15(7-12-20)17(23)21-10-4-8-18(24,13-21)9-5-16(22)19-3/h14-15,24H,4-13H2,1-3H3,(H,19,22)/t18-/m0/s1. The van der Waals surface area contributed by atoms with Gasteiger partial charge in [0.25, 0.3) is 0 Å². The van der Waals surface area contributed by atoms with Gasteiger partial charge in [0.05, 0.1) is 5.60 Å². The molecule has 0 aromatic heterocycles. The van der Waals surface area contributed by atoms with E-state index in [0.29, 0.717) is 31.8 Å². The van der Waals surface area contributed by atoms with Gasteiger partial charge in [0.2, 0.25) is 11.8 Å². The van der Waals surface area contributed by atoms with Gasteiger partial charge in [-0.3, -0.25) is 9.59 Å². The Morgan fingerprint density at radius 2 is 1.92 bits per heavy atom. The lowest BCUT2D eigenvalue weighted by atomic mass is 9.86. The number of hydrogen-bond acceptors (Lipinski definition) is 4. The summed E-state index contributed by atoms with van der Waals surface area (Å²) in [6.07, 6.45) is 4.01. The fourth-order valence-electron chi connectivity index (χ4n) is 3.90. The molecule has 2 aliphatic heterocycles. The molecule has 138 valence electrons. The van der Waals surface area contributed by atoms with Gasteiger partial charge in [-0.15, -0.1) is 0 Å². The second-order valence-corrected chi connectivity index (χ2v) is 7.66. The second-order valence-electron chi connectivity index (χ2n) is 7.66. The van der Waals surface area contributed by atoms with Crippen molar-refractivity contribution in [2.45, 2.75) is 64.0 Å². The third-order valence-electron chi connectivity index (χ3n) is 5.57. The van der Waals surface area contributed by atoms with Gasteiger partial charge in [-0.05, 0) is 59.0 Å². The Kier molecular flexibility index (Phi) is 6.63. The summed E-state index contributed by atoms with van der Waals surface area (Å²) in [6.45, 7) is 7.43. The molecule has 2 aliphatic rings. The Morgan fingerprint density at radius 1 is 1.25 bits per heavy atom. The first-order valence-electron chi connectivity index (χ1n) is 9.30. The summed E-state index contributed by atoms with van der Waals surface area (Å²) in [6, 6.07) is 0.533. The summed E-state index contributed by atoms with van der Waals surface area (Å²) in [5.41, 5.74) is -0.918. The van der Waals surface area contributed by atoms with Crippen molar-refractivity contribution in [3.05, 3.63) is 0 Å². The minimum atomic E-state index is -0.918. The quantitative estimate of drug-likeness (QED) is 0.783. The topological polar surface area (TPSA) is 72.9 Å². The third kappa shape index (κ3) is 4.93. The first-order chi connectivity index (χ1) is 11.3. The molecule has 2 saturated heterocycles. The summed E-state index contributed by atoms with van der Waals surface area (Å²) in [5.74, 6) is 0.214. The van der Waals surface area contributed by atoms with Gasteiger partial charge in [-0.1, -0.05) is 0 Å². The normalized spacial score (nSPS) is 26.6. The third-order valence-corrected chi connectivity index (χ3v) is 5.57. The summed E-state index contributed by atoms with van der Waals surface area (Å²) in [4.78, 5) is 28.5. The molecule has 0 saturated carbocycles. The van der Waals surface area contributed by atoms with Crippen LogP contribution in [-0.2, 0) is 9.59 Å². The zero-order chi connectivity index (χ0) is 17.7. The summed E-state index contributed by atoms with van der Waals surface area (Å²) in [7, 11) is 1.60. The van der Waals surface area contributed by atoms with Gasteiger partial charge in [0, 0.05) is 38.5 Å². The fourth-order valence-corrected chi connectivity index (χ4v) is 3.90. The van der Waals surface area contributed by atoms with Crippen LogP contribution in [0.3, 0.4) is 0 Å². The van der Waals surface area contributed by atoms with Crippen LogP contribution in [0.15, 0.2) is 0 Å². The van der Waals surface area contributed by atoms with Crippen molar-refractivity contribution in [1.29, 1.82) is 0 Å². The lowest BCUT2D eigenvalue weighted by Crippen LogP contribution is -2.53. The molecule has 24 heavy (non-hydrogen) atoms. The molecule has 0 aromatic carbocycles. The first kappa shape index (κ1) is 19.2. The zero-order valence-corrected chi connectivity index (χ0v) is 15.4. The maximum atomic E-state index is 12.8. The Hall–Kier alpha value is -1.14. The molecule has 1 atom stereocenters. The van der Waals surface area contributed by atoms with E-state index in [1.54, 1.807) is 7.05 Å². The predicted octanol–water partition coefficient (Wildman–Crippen LogP) is 0.987. The molecular weight excluding hydrogens is 306 g/mol. The maximum absolute atomic E-state index is 12.8. The van der Waals surface area contributed by atoms with Gasteiger partial charge < -0.3 is 20.2 Å². The highest BCUT2D eigenvalue weighted by molar-refractivity contribution is 5.79. The molecule has 0 aromatic rings. The van der Waals surface area contributed by atoms with E-state index in [2.05, 4.69) is 24.1 Å². The molecule has 0 spiro atoms. The average Bonchev–Trinajstić information content (AvgIpc) is 2.59. The van der Waals surface area contributed by atoms with Crippen LogP contribution in [0.4, 0.5) is 0 Å². The second kappa shape index (κ2) is 8.30. The number of piperidine rings is 2. The minimum absolute atomic E-state index is 0.0621. The van der Waals surface area contributed by atoms with Crippen molar-refractivity contribution in [3.8, 4) is 0 Å². The van der Waals surface area contributed by atoms with Gasteiger partial charge in [-0.25, -0.2) is 0 Å². The highest BCUT2D eigenvalue weighted by Gasteiger charge is 2.38. The smallest absolute Gasteiger partial charge is 0.225 e. The van der Waals surface area contributed by atoms with Gasteiger partial charge in [0.15, 0.2) is 0 Å². The van der Waals surface area contributed by atoms with Crippen LogP contribution in [0.25, 0.3) is 0 Å². The van der Waals surface area contributed by atoms with Crippen LogP contribution in [0.2, 0.25) is 0 Å². The van der Waals surface area contributed by atoms with Crippen LogP contribution >= 0.6 is 0 Å². The van der Waals surface area contributed by atoms with Crippen LogP contribution in [0.1, 0.15) is 52.4 Å². The van der Waals surface area contributed by atoms with Crippen LogP contribution in [-0.4, -0.2) is 71.6 Å². The SMILES string of the molecule is CNC(=O)CC[C@@]1(O)CCCN(C(=O)C2CCN(C(C)C)CC2)C1. The average molecular weight is 339 g/mol. The summed E-state index contributed by atoms with van der Waals surface area (Å²) in [5, 5.41) is 13.4. The molecule has 0 radical (unpaired) electrons. The largest absolute Gasteiger partial charge is 0.388 e. The molecule has 2 heterocycles. The molecule has 0 unspecified atom stereocenters. The maximum Gasteiger partial charge on any atom is 0.225 e. The van der Waals surface area contributed by atoms with Crippen molar-refractivity contribution in [3.63, 3.8) is 0 Å². The predicted molar refractivity (Wildman–Crippen MR) is 93.5 cm³/mol. The molecule has 2 rings (SSSR count). The Balaban J connectivity index is 1.87. The molecule has 6 nitrogen and oxygen atoms in total. The van der Waals surface area contributed by atoms with E-state index in [0.717, 1.165) is 38.9 Å². The number of β-amino-alcohol motifs (C(OH)–C–C–N with tert-alkyl or cyclic N) is 1. The van der Waals surface area contributed by atoms with Crippen molar-refractivity contribution >= 4 is 11.8 Å². The van der Waals surface area contributed by atoms with E-state index >= 15 is 0 Å². The Morgan fingerprint density at radius 3 is 2.50 bits per heavy atom. The molecule has 0 aliphatic carbocycles. The zero-order valence-electron chi connectivity index (χ0n) is 15.4. The van der Waals surface area contributed by atoms with E-state index < -0.39 is 5.60 Å². The van der Waals surface area contributed by atoms with Crippen molar-refractivity contribution < 1.29 is 14.7 Å². The highest BCUT2D eigenvalue weighted by Crippen LogP contribution is 2.29. The molecule has 2 fully saturated rings. The lowest BCUT2D eigenvalue weighted by Gasteiger charge is -2.42. The molecular formula is C18H33N3O3. The van der Waals surface area contributed by atoms with E-state index in [4.69, 9.17) is 0 Å². The minimum Gasteiger partial charge on any atom is -0.388 e. The molecule has 2 amide bonds. The number of hydrogen-bond donors (Lipinski definition) is 2. The van der Waals surface area contributed by atoms with Crippen molar-refractivity contribution in [1.82, 2.24) is 15.1 Å². The summed E-state index contributed by atoms with van der Waals surface area (Å²) >= 11 is 0. The molecule has 2 N–H and O–H groups in total. The van der Waals surface area contributed by atoms with Crippen LogP contribution in [0, 0.1) is 5.92 Å². The van der Waals surface area contributed by atoms with Crippen LogP contribution in [0.5, 0.6) is 0 Å². The molecule has 0 bridgehead atoms. The number of likely N-dealkylation sites (tertiary alicyclic amines) is 2. The van der Waals surface area contributed by atoms with Gasteiger partial charge in [-0.2, -0.15) is 0 Å².